The first-order valence-electron chi connectivity index (χ1n) is 10.3. The predicted octanol–water partition coefficient (Wildman–Crippen LogP) is 2.38. The van der Waals surface area contributed by atoms with E-state index in [-0.39, 0.29) is 0 Å². The third-order valence-corrected chi connectivity index (χ3v) is 5.60. The van der Waals surface area contributed by atoms with Crippen LogP contribution in [0.2, 0.25) is 0 Å². The summed E-state index contributed by atoms with van der Waals surface area (Å²) in [4.78, 5) is 10.4. The van der Waals surface area contributed by atoms with Crippen LogP contribution in [0.25, 0.3) is 9.75 Å². The second kappa shape index (κ2) is 18.1. The van der Waals surface area contributed by atoms with E-state index in [1.54, 1.807) is 25.2 Å². The van der Waals surface area contributed by atoms with Gasteiger partial charge in [0, 0.05) is 14.2 Å². The van der Waals surface area contributed by atoms with Gasteiger partial charge < -0.3 is 37.9 Å². The highest BCUT2D eigenvalue weighted by atomic mass is 32.1. The normalized spacial score (nSPS) is 11.2. The maximum Gasteiger partial charge on any atom is 0.233 e. The fraction of sp³-hybridized carbons (Fsp3) is 0.700. The van der Waals surface area contributed by atoms with E-state index in [9.17, 15) is 0 Å². The zero-order valence-corrected chi connectivity index (χ0v) is 20.2. The molecule has 0 aromatic carbocycles. The second-order valence-electron chi connectivity index (χ2n) is 6.11. The summed E-state index contributed by atoms with van der Waals surface area (Å²) < 4.78 is 43.1. The van der Waals surface area contributed by atoms with Gasteiger partial charge in [-0.2, -0.15) is 0 Å². The van der Waals surface area contributed by atoms with E-state index in [1.807, 2.05) is 0 Å². The van der Waals surface area contributed by atoms with Gasteiger partial charge in [-0.25, -0.2) is 9.97 Å². The van der Waals surface area contributed by atoms with Crippen molar-refractivity contribution in [2.75, 3.05) is 93.5 Å². The van der Waals surface area contributed by atoms with Crippen LogP contribution in [-0.2, 0) is 28.4 Å². The van der Waals surface area contributed by atoms with E-state index in [4.69, 9.17) is 37.9 Å². The Kier molecular flexibility index (Phi) is 15.2. The minimum Gasteiger partial charge on any atom is -0.474 e. The van der Waals surface area contributed by atoms with Crippen molar-refractivity contribution < 1.29 is 37.9 Å². The Bertz CT molecular complexity index is 642. The van der Waals surface area contributed by atoms with Gasteiger partial charge in [0.2, 0.25) is 11.8 Å². The number of hydrogen-bond acceptors (Lipinski definition) is 12. The summed E-state index contributed by atoms with van der Waals surface area (Å²) in [6, 6.07) is 0. The Morgan fingerprint density at radius 2 is 0.875 bits per heavy atom. The number of methoxy groups -OCH3 is 2. The molecule has 2 rings (SSSR count). The average molecular weight is 493 g/mol. The number of hydrogen-bond donors (Lipinski definition) is 0. The SMILES string of the molecule is COCCOCCOCCOc1ncsc1-c1scnc1OCCOCCOCCOC. The van der Waals surface area contributed by atoms with E-state index in [1.165, 1.54) is 22.7 Å². The first-order valence-corrected chi connectivity index (χ1v) is 12.0. The average Bonchev–Trinajstić information content (AvgIpc) is 3.46. The topological polar surface area (TPSA) is 99.6 Å². The van der Waals surface area contributed by atoms with Gasteiger partial charge in [-0.1, -0.05) is 0 Å². The maximum absolute atomic E-state index is 5.79. The first-order chi connectivity index (χ1) is 15.9. The Balaban J connectivity index is 1.63. The van der Waals surface area contributed by atoms with Crippen LogP contribution in [0.1, 0.15) is 0 Å². The highest BCUT2D eigenvalue weighted by Gasteiger charge is 2.18. The summed E-state index contributed by atoms with van der Waals surface area (Å²) >= 11 is 2.96. The molecule has 0 aliphatic carbocycles. The molecule has 2 aromatic rings. The molecule has 0 atom stereocenters. The number of ether oxygens (including phenoxy) is 8. The van der Waals surface area contributed by atoms with Crippen LogP contribution in [0.5, 0.6) is 11.8 Å². The summed E-state index contributed by atoms with van der Waals surface area (Å²) in [5.41, 5.74) is 3.48. The van der Waals surface area contributed by atoms with Crippen LogP contribution in [0.3, 0.4) is 0 Å². The molecule has 0 aliphatic rings. The summed E-state index contributed by atoms with van der Waals surface area (Å²) in [6.45, 7) is 6.03. The van der Waals surface area contributed by atoms with E-state index in [2.05, 4.69) is 9.97 Å². The number of aromatic nitrogens is 2. The fourth-order valence-corrected chi connectivity index (χ4v) is 3.91. The summed E-state index contributed by atoms with van der Waals surface area (Å²) in [7, 11) is 3.28. The van der Waals surface area contributed by atoms with Crippen LogP contribution in [0.4, 0.5) is 0 Å². The second-order valence-corrected chi connectivity index (χ2v) is 7.81. The van der Waals surface area contributed by atoms with Crippen molar-refractivity contribution in [3.63, 3.8) is 0 Å². The molecule has 10 nitrogen and oxygen atoms in total. The van der Waals surface area contributed by atoms with Crippen molar-refractivity contribution in [3.8, 4) is 21.5 Å². The molecule has 0 fully saturated rings. The Hall–Kier alpha value is -1.38. The number of nitrogens with zero attached hydrogens (tertiary/aromatic N) is 2. The molecule has 0 saturated heterocycles. The van der Waals surface area contributed by atoms with Crippen molar-refractivity contribution in [2.45, 2.75) is 0 Å². The monoisotopic (exact) mass is 492 g/mol. The molecular formula is C20H32N2O8S2. The van der Waals surface area contributed by atoms with Crippen LogP contribution in [-0.4, -0.2) is 103 Å². The highest BCUT2D eigenvalue weighted by Crippen LogP contribution is 2.41. The lowest BCUT2D eigenvalue weighted by molar-refractivity contribution is 0.0176. The molecule has 0 unspecified atom stereocenters. The lowest BCUT2D eigenvalue weighted by Crippen LogP contribution is -2.13. The molecule has 0 aliphatic heterocycles. The summed E-state index contributed by atoms with van der Waals surface area (Å²) in [5, 5.41) is 0. The van der Waals surface area contributed by atoms with Gasteiger partial charge in [0.15, 0.2) is 0 Å². The number of thiazole rings is 2. The van der Waals surface area contributed by atoms with Gasteiger partial charge in [-0.3, -0.25) is 0 Å². The van der Waals surface area contributed by atoms with Crippen molar-refractivity contribution in [1.82, 2.24) is 9.97 Å². The van der Waals surface area contributed by atoms with Crippen LogP contribution >= 0.6 is 22.7 Å². The van der Waals surface area contributed by atoms with Crippen molar-refractivity contribution in [2.24, 2.45) is 0 Å². The zero-order chi connectivity index (χ0) is 22.7. The molecule has 32 heavy (non-hydrogen) atoms. The standard InChI is InChI=1S/C20H32N2O8S2/c1-23-3-5-25-7-9-27-11-13-29-19-17(31-15-21-19)18-20(22-16-32-18)30-14-12-28-10-8-26-6-4-24-2/h15-16H,3-14H2,1-2H3. The van der Waals surface area contributed by atoms with Gasteiger partial charge in [-0.15, -0.1) is 22.7 Å². The van der Waals surface area contributed by atoms with Crippen LogP contribution < -0.4 is 9.47 Å². The van der Waals surface area contributed by atoms with Gasteiger partial charge in [0.05, 0.1) is 77.1 Å². The van der Waals surface area contributed by atoms with Gasteiger partial charge in [-0.05, 0) is 0 Å². The zero-order valence-electron chi connectivity index (χ0n) is 18.6. The quantitative estimate of drug-likeness (QED) is 0.242. The highest BCUT2D eigenvalue weighted by molar-refractivity contribution is 7.20. The Labute approximate surface area is 196 Å². The molecule has 2 heterocycles. The van der Waals surface area contributed by atoms with E-state index in [0.29, 0.717) is 91.0 Å². The Morgan fingerprint density at radius 1 is 0.531 bits per heavy atom. The molecule has 0 amide bonds. The van der Waals surface area contributed by atoms with Crippen molar-refractivity contribution in [1.29, 1.82) is 0 Å². The Morgan fingerprint density at radius 3 is 1.25 bits per heavy atom. The lowest BCUT2D eigenvalue weighted by atomic mass is 10.4. The smallest absolute Gasteiger partial charge is 0.233 e. The van der Waals surface area contributed by atoms with Crippen molar-refractivity contribution in [3.05, 3.63) is 11.0 Å². The van der Waals surface area contributed by atoms with E-state index < -0.39 is 0 Å². The minimum absolute atomic E-state index is 0.393. The fourth-order valence-electron chi connectivity index (χ4n) is 2.30. The summed E-state index contributed by atoms with van der Waals surface area (Å²) in [6.07, 6.45) is 0. The minimum atomic E-state index is 0.393. The van der Waals surface area contributed by atoms with Crippen LogP contribution in [0, 0.1) is 0 Å². The van der Waals surface area contributed by atoms with Gasteiger partial charge in [0.25, 0.3) is 0 Å². The maximum atomic E-state index is 5.79. The molecule has 12 heteroatoms. The number of rotatable bonds is 21. The molecule has 0 saturated carbocycles. The first kappa shape index (κ1) is 26.9. The molecule has 0 N–H and O–H groups in total. The third kappa shape index (κ3) is 11.0. The molecule has 0 radical (unpaired) electrons. The van der Waals surface area contributed by atoms with E-state index in [0.717, 1.165) is 9.75 Å². The van der Waals surface area contributed by atoms with Gasteiger partial charge >= 0.3 is 0 Å². The predicted molar refractivity (Wildman–Crippen MR) is 121 cm³/mol. The molecule has 182 valence electrons. The van der Waals surface area contributed by atoms with Crippen molar-refractivity contribution >= 4 is 22.7 Å². The van der Waals surface area contributed by atoms with E-state index >= 15 is 0 Å². The van der Waals surface area contributed by atoms with Crippen LogP contribution in [0.15, 0.2) is 11.0 Å². The molecule has 2 aromatic heterocycles. The third-order valence-electron chi connectivity index (χ3n) is 3.82. The molecular weight excluding hydrogens is 460 g/mol. The largest absolute Gasteiger partial charge is 0.474 e. The molecule has 0 bridgehead atoms. The molecule has 0 spiro atoms. The van der Waals surface area contributed by atoms with Gasteiger partial charge in [0.1, 0.15) is 23.0 Å². The lowest BCUT2D eigenvalue weighted by Gasteiger charge is -2.09. The summed E-state index contributed by atoms with van der Waals surface area (Å²) in [5.74, 6) is 1.10.